The van der Waals surface area contributed by atoms with Gasteiger partial charge < -0.3 is 5.32 Å². The number of nitrogens with zero attached hydrogens (tertiary/aromatic N) is 2. The lowest BCUT2D eigenvalue weighted by molar-refractivity contribution is 0.846. The first kappa shape index (κ1) is 10.8. The van der Waals surface area contributed by atoms with Crippen LogP contribution in [0.5, 0.6) is 0 Å². The van der Waals surface area contributed by atoms with Crippen molar-refractivity contribution >= 4 is 17.4 Å². The Morgan fingerprint density at radius 3 is 2.93 bits per heavy atom. The number of nitrogens with one attached hydrogen (secondary N) is 1. The molecule has 0 aliphatic carbocycles. The molecule has 14 heavy (non-hydrogen) atoms. The number of hydrogen-bond acceptors (Lipinski definition) is 3. The number of aromatic nitrogens is 2. The summed E-state index contributed by atoms with van der Waals surface area (Å²) < 4.78 is 0. The molecule has 0 saturated carbocycles. The number of rotatable bonds is 3. The molecule has 1 rings (SSSR count). The Bertz CT molecular complexity index is 357. The molecule has 1 heterocycles. The van der Waals surface area contributed by atoms with Crippen LogP contribution in [0.1, 0.15) is 18.9 Å². The molecule has 0 spiro atoms. The van der Waals surface area contributed by atoms with Crippen LogP contribution in [-0.2, 0) is 0 Å². The van der Waals surface area contributed by atoms with Crippen molar-refractivity contribution < 1.29 is 0 Å². The molecule has 0 bridgehead atoms. The Morgan fingerprint density at radius 1 is 1.64 bits per heavy atom. The number of anilines is 1. The summed E-state index contributed by atoms with van der Waals surface area (Å²) in [6.07, 6.45) is 7.59. The maximum absolute atomic E-state index is 5.84. The van der Waals surface area contributed by atoms with E-state index in [-0.39, 0.29) is 6.04 Å². The maximum Gasteiger partial charge on any atom is 0.137 e. The van der Waals surface area contributed by atoms with E-state index in [1.807, 2.05) is 13.8 Å². The highest BCUT2D eigenvalue weighted by Crippen LogP contribution is 2.18. The van der Waals surface area contributed by atoms with E-state index in [1.165, 1.54) is 6.33 Å². The van der Waals surface area contributed by atoms with Crippen molar-refractivity contribution in [2.45, 2.75) is 26.3 Å². The van der Waals surface area contributed by atoms with Gasteiger partial charge in [-0.05, 0) is 13.3 Å². The SMILES string of the molecule is C#CC(CC)Nc1ncnc(Cl)c1C. The van der Waals surface area contributed by atoms with E-state index >= 15 is 0 Å². The first-order valence-corrected chi connectivity index (χ1v) is 4.76. The Hall–Kier alpha value is -1.27. The van der Waals surface area contributed by atoms with Gasteiger partial charge in [0.15, 0.2) is 0 Å². The van der Waals surface area contributed by atoms with E-state index in [4.69, 9.17) is 18.0 Å². The lowest BCUT2D eigenvalue weighted by Gasteiger charge is -2.13. The Kier molecular flexibility index (Phi) is 3.73. The van der Waals surface area contributed by atoms with Crippen LogP contribution in [0, 0.1) is 19.3 Å². The molecule has 3 nitrogen and oxygen atoms in total. The van der Waals surface area contributed by atoms with Crippen LogP contribution in [0.3, 0.4) is 0 Å². The lowest BCUT2D eigenvalue weighted by atomic mass is 10.2. The average molecular weight is 210 g/mol. The molecule has 1 N–H and O–H groups in total. The molecule has 0 radical (unpaired) electrons. The van der Waals surface area contributed by atoms with E-state index in [1.54, 1.807) is 0 Å². The second-order valence-electron chi connectivity index (χ2n) is 2.91. The lowest BCUT2D eigenvalue weighted by Crippen LogP contribution is -2.17. The molecule has 1 aromatic rings. The van der Waals surface area contributed by atoms with E-state index in [9.17, 15) is 0 Å². The third kappa shape index (κ3) is 2.36. The highest BCUT2D eigenvalue weighted by molar-refractivity contribution is 6.30. The third-order valence-corrected chi connectivity index (χ3v) is 2.32. The summed E-state index contributed by atoms with van der Waals surface area (Å²) in [6.45, 7) is 3.86. The van der Waals surface area contributed by atoms with Gasteiger partial charge in [0.05, 0.1) is 6.04 Å². The molecule has 0 aliphatic heterocycles. The van der Waals surface area contributed by atoms with Gasteiger partial charge in [-0.2, -0.15) is 0 Å². The monoisotopic (exact) mass is 209 g/mol. The van der Waals surface area contributed by atoms with Gasteiger partial charge in [0.1, 0.15) is 17.3 Å². The Balaban J connectivity index is 2.87. The van der Waals surface area contributed by atoms with Crippen LogP contribution in [0.25, 0.3) is 0 Å². The number of halogens is 1. The highest BCUT2D eigenvalue weighted by Gasteiger charge is 2.07. The van der Waals surface area contributed by atoms with E-state index in [0.717, 1.165) is 12.0 Å². The number of hydrogen-bond donors (Lipinski definition) is 1. The van der Waals surface area contributed by atoms with E-state index < -0.39 is 0 Å². The van der Waals surface area contributed by atoms with Crippen LogP contribution < -0.4 is 5.32 Å². The zero-order valence-electron chi connectivity index (χ0n) is 8.21. The fraction of sp³-hybridized carbons (Fsp3) is 0.400. The van der Waals surface area contributed by atoms with Crippen molar-refractivity contribution in [2.75, 3.05) is 5.32 Å². The molecule has 1 unspecified atom stereocenters. The molecular formula is C10H12ClN3. The van der Waals surface area contributed by atoms with Crippen LogP contribution in [0.15, 0.2) is 6.33 Å². The van der Waals surface area contributed by atoms with Crippen molar-refractivity contribution in [1.29, 1.82) is 0 Å². The minimum atomic E-state index is -0.0142. The third-order valence-electron chi connectivity index (χ3n) is 1.94. The van der Waals surface area contributed by atoms with Crippen LogP contribution in [-0.4, -0.2) is 16.0 Å². The topological polar surface area (TPSA) is 37.8 Å². The van der Waals surface area contributed by atoms with Gasteiger partial charge in [-0.15, -0.1) is 6.42 Å². The fourth-order valence-corrected chi connectivity index (χ4v) is 1.13. The molecule has 0 amide bonds. The van der Waals surface area contributed by atoms with Crippen LogP contribution in [0.2, 0.25) is 5.15 Å². The first-order valence-electron chi connectivity index (χ1n) is 4.38. The van der Waals surface area contributed by atoms with Crippen molar-refractivity contribution in [2.24, 2.45) is 0 Å². The van der Waals surface area contributed by atoms with E-state index in [2.05, 4.69) is 21.2 Å². The summed E-state index contributed by atoms with van der Waals surface area (Å²) >= 11 is 5.84. The van der Waals surface area contributed by atoms with Crippen molar-refractivity contribution in [3.05, 3.63) is 17.0 Å². The van der Waals surface area contributed by atoms with Crippen molar-refractivity contribution in [1.82, 2.24) is 9.97 Å². The van der Waals surface area contributed by atoms with Gasteiger partial charge >= 0.3 is 0 Å². The first-order chi connectivity index (χ1) is 6.69. The quantitative estimate of drug-likeness (QED) is 0.613. The molecule has 0 aromatic carbocycles. The molecule has 1 aromatic heterocycles. The van der Waals surface area contributed by atoms with E-state index in [0.29, 0.717) is 11.0 Å². The van der Waals surface area contributed by atoms with Gasteiger partial charge in [0.25, 0.3) is 0 Å². The van der Waals surface area contributed by atoms with Gasteiger partial charge in [-0.25, -0.2) is 9.97 Å². The summed E-state index contributed by atoms with van der Waals surface area (Å²) in [4.78, 5) is 7.93. The molecule has 0 aliphatic rings. The van der Waals surface area contributed by atoms with Gasteiger partial charge in [0, 0.05) is 5.56 Å². The van der Waals surface area contributed by atoms with Crippen molar-refractivity contribution in [3.63, 3.8) is 0 Å². The highest BCUT2D eigenvalue weighted by atomic mass is 35.5. The van der Waals surface area contributed by atoms with Gasteiger partial charge in [-0.3, -0.25) is 0 Å². The minimum Gasteiger partial charge on any atom is -0.356 e. The standard InChI is InChI=1S/C10H12ClN3/c1-4-8(5-2)14-10-7(3)9(11)12-6-13-10/h1,6,8H,5H2,2-3H3,(H,12,13,14). The minimum absolute atomic E-state index is 0.0142. The Labute approximate surface area is 88.9 Å². The molecule has 1 atom stereocenters. The van der Waals surface area contributed by atoms with Gasteiger partial charge in [-0.1, -0.05) is 24.4 Å². The zero-order valence-corrected chi connectivity index (χ0v) is 8.97. The smallest absolute Gasteiger partial charge is 0.137 e. The zero-order chi connectivity index (χ0) is 10.6. The summed E-state index contributed by atoms with van der Waals surface area (Å²) in [5.41, 5.74) is 0.822. The summed E-state index contributed by atoms with van der Waals surface area (Å²) in [5.74, 6) is 3.34. The average Bonchev–Trinajstić information content (AvgIpc) is 2.20. The summed E-state index contributed by atoms with van der Waals surface area (Å²) in [7, 11) is 0. The predicted octanol–water partition coefficient (Wildman–Crippen LogP) is 2.26. The molecule has 74 valence electrons. The molecule has 0 saturated heterocycles. The molecular weight excluding hydrogens is 198 g/mol. The summed E-state index contributed by atoms with van der Waals surface area (Å²) in [5, 5.41) is 3.57. The number of terminal acetylenes is 1. The second-order valence-corrected chi connectivity index (χ2v) is 3.27. The molecule has 4 heteroatoms. The predicted molar refractivity (Wildman–Crippen MR) is 58.3 cm³/mol. The van der Waals surface area contributed by atoms with Crippen LogP contribution in [0.4, 0.5) is 5.82 Å². The van der Waals surface area contributed by atoms with Gasteiger partial charge in [0.2, 0.25) is 0 Å². The summed E-state index contributed by atoms with van der Waals surface area (Å²) in [6, 6.07) is -0.0142. The molecule has 0 fully saturated rings. The largest absolute Gasteiger partial charge is 0.356 e. The second kappa shape index (κ2) is 4.83. The maximum atomic E-state index is 5.84. The fourth-order valence-electron chi connectivity index (χ4n) is 1.00. The Morgan fingerprint density at radius 2 is 2.36 bits per heavy atom. The normalized spacial score (nSPS) is 11.9. The van der Waals surface area contributed by atoms with Crippen LogP contribution >= 0.6 is 11.6 Å². The van der Waals surface area contributed by atoms with Crippen molar-refractivity contribution in [3.8, 4) is 12.3 Å².